The summed E-state index contributed by atoms with van der Waals surface area (Å²) in [6.45, 7) is 0. The number of hydrogen-bond donors (Lipinski definition) is 0. The Kier molecular flexibility index (Phi) is 8.65. The van der Waals surface area contributed by atoms with Crippen molar-refractivity contribution in [3.05, 3.63) is 218 Å². The first-order valence-corrected chi connectivity index (χ1v) is 21.7. The van der Waals surface area contributed by atoms with Gasteiger partial charge in [-0.3, -0.25) is 4.57 Å². The van der Waals surface area contributed by atoms with Crippen LogP contribution in [-0.2, 0) is 0 Å². The molecule has 0 aliphatic rings. The van der Waals surface area contributed by atoms with Crippen molar-refractivity contribution in [2.45, 2.75) is 0 Å². The number of rotatable bonds is 7. The zero-order chi connectivity index (χ0) is 41.0. The van der Waals surface area contributed by atoms with Crippen molar-refractivity contribution >= 4 is 53.3 Å². The third kappa shape index (κ3) is 6.18. The summed E-state index contributed by atoms with van der Waals surface area (Å²) in [4.78, 5) is 15.5. The smallest absolute Gasteiger partial charge is 0.238 e. The maximum Gasteiger partial charge on any atom is 0.238 e. The van der Waals surface area contributed by atoms with Crippen LogP contribution < -0.4 is 0 Å². The number of nitrogens with zero attached hydrogens (tertiary/aromatic N) is 4. The molecule has 5 heteroatoms. The molecule has 62 heavy (non-hydrogen) atoms. The molecule has 0 saturated carbocycles. The van der Waals surface area contributed by atoms with Crippen molar-refractivity contribution < 1.29 is 0 Å². The molecule has 12 rings (SSSR count). The summed E-state index contributed by atoms with van der Waals surface area (Å²) < 4.78 is 4.75. The molecule has 0 fully saturated rings. The molecule has 0 saturated heterocycles. The average Bonchev–Trinajstić information content (AvgIpc) is 3.91. The Balaban J connectivity index is 0.955. The molecule has 12 aromatic rings. The summed E-state index contributed by atoms with van der Waals surface area (Å²) in [6, 6.07) is 77.5. The van der Waals surface area contributed by atoms with E-state index in [1.165, 1.54) is 64.5 Å². The van der Waals surface area contributed by atoms with E-state index in [1.807, 2.05) is 29.5 Å². The van der Waals surface area contributed by atoms with Crippen molar-refractivity contribution in [2.24, 2.45) is 0 Å². The van der Waals surface area contributed by atoms with E-state index in [0.29, 0.717) is 17.6 Å². The molecule has 0 bridgehead atoms. The van der Waals surface area contributed by atoms with Gasteiger partial charge >= 0.3 is 0 Å². The van der Waals surface area contributed by atoms with Crippen LogP contribution in [0.25, 0.3) is 115 Å². The lowest BCUT2D eigenvalue weighted by Gasteiger charge is -2.11. The minimum absolute atomic E-state index is 0.579. The first-order chi connectivity index (χ1) is 30.7. The van der Waals surface area contributed by atoms with Gasteiger partial charge in [0.1, 0.15) is 0 Å². The topological polar surface area (TPSA) is 43.6 Å². The van der Waals surface area contributed by atoms with Crippen molar-refractivity contribution in [3.8, 4) is 73.2 Å². The monoisotopic (exact) mass is 808 g/mol. The fourth-order valence-corrected chi connectivity index (χ4v) is 10.1. The molecule has 0 amide bonds. The molecular formula is C57H36N4S. The van der Waals surface area contributed by atoms with E-state index in [1.54, 1.807) is 0 Å². The van der Waals surface area contributed by atoms with E-state index in [9.17, 15) is 0 Å². The average molecular weight is 809 g/mol. The quantitative estimate of drug-likeness (QED) is 0.161. The van der Waals surface area contributed by atoms with Crippen LogP contribution in [0.4, 0.5) is 0 Å². The summed E-state index contributed by atoms with van der Waals surface area (Å²) in [5, 5.41) is 4.87. The van der Waals surface area contributed by atoms with Crippen molar-refractivity contribution in [3.63, 3.8) is 0 Å². The first kappa shape index (κ1) is 35.9. The molecule has 0 spiro atoms. The third-order valence-electron chi connectivity index (χ3n) is 11.9. The third-order valence-corrected chi connectivity index (χ3v) is 13.1. The standard InChI is InChI=1S/C57H36N4S/c1-4-15-37(16-5-1)42-21-12-22-43(35-42)44-33-34-52-49(36-44)47-26-13-25-46(54(47)62-52)39-29-31-41(32-30-39)56-58-55(40-19-8-3-9-20-40)59-57(60-56)61-50-27-11-10-23-48(50)53-45(24-14-28-51(53)61)38-17-6-2-7-18-38/h1-36H. The van der Waals surface area contributed by atoms with Gasteiger partial charge in [0.05, 0.1) is 11.0 Å². The van der Waals surface area contributed by atoms with Gasteiger partial charge in [-0.1, -0.05) is 188 Å². The minimum Gasteiger partial charge on any atom is -0.278 e. The Bertz CT molecular complexity index is 3610. The zero-order valence-electron chi connectivity index (χ0n) is 33.5. The Hall–Kier alpha value is -7.99. The van der Waals surface area contributed by atoms with Crippen LogP contribution in [0.15, 0.2) is 218 Å². The predicted octanol–water partition coefficient (Wildman–Crippen LogP) is 15.3. The number of fused-ring (bicyclic) bond motifs is 6. The molecule has 0 N–H and O–H groups in total. The number of benzene rings is 9. The largest absolute Gasteiger partial charge is 0.278 e. The maximum atomic E-state index is 5.25. The maximum absolute atomic E-state index is 5.25. The second kappa shape index (κ2) is 14.9. The fraction of sp³-hybridized carbons (Fsp3) is 0. The molecule has 0 radical (unpaired) electrons. The Labute approximate surface area is 362 Å². The van der Waals surface area contributed by atoms with Crippen LogP contribution in [0.5, 0.6) is 0 Å². The van der Waals surface area contributed by atoms with Gasteiger partial charge in [-0.2, -0.15) is 9.97 Å². The molecule has 0 aliphatic heterocycles. The SMILES string of the molecule is c1ccc(-c2cccc(-c3ccc4sc5c(-c6ccc(-c7nc(-c8ccccc8)nc(-n8c9ccccc9c9c(-c%10ccccc%10)cccc98)n7)cc6)cccc5c4c3)c2)cc1. The van der Waals surface area contributed by atoms with Gasteiger partial charge in [0.25, 0.3) is 0 Å². The number of thiophene rings is 1. The summed E-state index contributed by atoms with van der Waals surface area (Å²) in [5.41, 5.74) is 13.5. The molecule has 4 nitrogen and oxygen atoms in total. The molecule has 290 valence electrons. The zero-order valence-corrected chi connectivity index (χ0v) is 34.3. The molecule has 9 aromatic carbocycles. The lowest BCUT2D eigenvalue weighted by atomic mass is 9.97. The highest BCUT2D eigenvalue weighted by atomic mass is 32.1. The fourth-order valence-electron chi connectivity index (χ4n) is 8.92. The van der Waals surface area contributed by atoms with Gasteiger partial charge in [0, 0.05) is 42.1 Å². The minimum atomic E-state index is 0.579. The molecule has 3 heterocycles. The highest BCUT2D eigenvalue weighted by Gasteiger charge is 2.20. The lowest BCUT2D eigenvalue weighted by Crippen LogP contribution is -2.06. The Morgan fingerprint density at radius 1 is 0.323 bits per heavy atom. The van der Waals surface area contributed by atoms with Crippen molar-refractivity contribution in [1.82, 2.24) is 19.5 Å². The highest BCUT2D eigenvalue weighted by molar-refractivity contribution is 7.26. The summed E-state index contributed by atoms with van der Waals surface area (Å²) in [5.74, 6) is 1.83. The molecule has 0 unspecified atom stereocenters. The summed E-state index contributed by atoms with van der Waals surface area (Å²) >= 11 is 1.85. The van der Waals surface area contributed by atoms with Gasteiger partial charge in [-0.15, -0.1) is 11.3 Å². The Morgan fingerprint density at radius 2 is 0.823 bits per heavy atom. The summed E-state index contributed by atoms with van der Waals surface area (Å²) in [7, 11) is 0. The summed E-state index contributed by atoms with van der Waals surface area (Å²) in [6.07, 6.45) is 0. The second-order valence-electron chi connectivity index (χ2n) is 15.6. The predicted molar refractivity (Wildman–Crippen MR) is 260 cm³/mol. The Morgan fingerprint density at radius 3 is 1.58 bits per heavy atom. The molecule has 0 aliphatic carbocycles. The van der Waals surface area contributed by atoms with Crippen molar-refractivity contribution in [1.29, 1.82) is 0 Å². The number of aromatic nitrogens is 4. The number of para-hydroxylation sites is 1. The highest BCUT2D eigenvalue weighted by Crippen LogP contribution is 2.43. The van der Waals surface area contributed by atoms with Crippen molar-refractivity contribution in [2.75, 3.05) is 0 Å². The van der Waals surface area contributed by atoms with Gasteiger partial charge < -0.3 is 0 Å². The van der Waals surface area contributed by atoms with Gasteiger partial charge in [0.2, 0.25) is 5.95 Å². The van der Waals surface area contributed by atoms with Crippen LogP contribution in [-0.4, -0.2) is 19.5 Å². The van der Waals surface area contributed by atoms with E-state index in [4.69, 9.17) is 15.0 Å². The second-order valence-corrected chi connectivity index (χ2v) is 16.6. The van der Waals surface area contributed by atoms with Gasteiger partial charge in [-0.05, 0) is 74.8 Å². The van der Waals surface area contributed by atoms with Gasteiger partial charge in [-0.25, -0.2) is 4.98 Å². The van der Waals surface area contributed by atoms with Crippen LogP contribution >= 0.6 is 11.3 Å². The van der Waals surface area contributed by atoms with E-state index < -0.39 is 0 Å². The molecular weight excluding hydrogens is 773 g/mol. The van der Waals surface area contributed by atoms with Crippen LogP contribution in [0.1, 0.15) is 0 Å². The van der Waals surface area contributed by atoms with E-state index in [-0.39, 0.29) is 0 Å². The van der Waals surface area contributed by atoms with Crippen LogP contribution in [0.2, 0.25) is 0 Å². The first-order valence-electron chi connectivity index (χ1n) is 20.8. The normalized spacial score (nSPS) is 11.5. The van der Waals surface area contributed by atoms with Crippen LogP contribution in [0.3, 0.4) is 0 Å². The van der Waals surface area contributed by atoms with E-state index >= 15 is 0 Å². The van der Waals surface area contributed by atoms with E-state index in [2.05, 4.69) is 205 Å². The van der Waals surface area contributed by atoms with E-state index in [0.717, 1.165) is 33.1 Å². The lowest BCUT2D eigenvalue weighted by molar-refractivity contribution is 0.953. The number of hydrogen-bond acceptors (Lipinski definition) is 4. The van der Waals surface area contributed by atoms with Gasteiger partial charge in [0.15, 0.2) is 11.6 Å². The molecule has 0 atom stereocenters. The molecule has 3 aromatic heterocycles. The van der Waals surface area contributed by atoms with Crippen LogP contribution in [0, 0.1) is 0 Å².